The second-order valence-corrected chi connectivity index (χ2v) is 7.45. The highest BCUT2D eigenvalue weighted by atomic mass is 79.9. The van der Waals surface area contributed by atoms with Crippen LogP contribution in [0, 0.1) is 5.82 Å². The predicted molar refractivity (Wildman–Crippen MR) is 83.9 cm³/mol. The molecular formula is C13H10Br2FNO3S. The van der Waals surface area contributed by atoms with Gasteiger partial charge in [-0.2, -0.15) is 0 Å². The number of hydrogen-bond donors (Lipinski definition) is 1. The molecule has 0 fully saturated rings. The van der Waals surface area contributed by atoms with Crippen molar-refractivity contribution in [1.29, 1.82) is 0 Å². The Hall–Kier alpha value is -0.960. The Bertz CT molecular complexity index is 758. The molecule has 2 rings (SSSR count). The molecule has 0 radical (unpaired) electrons. The van der Waals surface area contributed by atoms with E-state index in [1.165, 1.54) is 24.3 Å². The van der Waals surface area contributed by atoms with Crippen molar-refractivity contribution in [3.05, 3.63) is 56.7 Å². The van der Waals surface area contributed by atoms with E-state index in [-0.39, 0.29) is 17.3 Å². The summed E-state index contributed by atoms with van der Waals surface area (Å²) in [5.74, 6) is 0.0606. The second-order valence-electron chi connectivity index (χ2n) is 4.18. The first-order chi connectivity index (χ1) is 9.77. The smallest absolute Gasteiger partial charge is 0.238 e. The van der Waals surface area contributed by atoms with Gasteiger partial charge in [0.15, 0.2) is 0 Å². The lowest BCUT2D eigenvalue weighted by atomic mass is 10.2. The second kappa shape index (κ2) is 6.43. The maximum Gasteiger partial charge on any atom is 0.238 e. The number of halogens is 3. The Morgan fingerprint density at radius 2 is 1.76 bits per heavy atom. The maximum absolute atomic E-state index is 13.1. The average Bonchev–Trinajstić information content (AvgIpc) is 2.36. The van der Waals surface area contributed by atoms with Gasteiger partial charge in [0.1, 0.15) is 18.2 Å². The summed E-state index contributed by atoms with van der Waals surface area (Å²) < 4.78 is 42.2. The number of primary sulfonamides is 1. The van der Waals surface area contributed by atoms with E-state index in [0.29, 0.717) is 20.3 Å². The van der Waals surface area contributed by atoms with Crippen LogP contribution in [-0.4, -0.2) is 8.42 Å². The summed E-state index contributed by atoms with van der Waals surface area (Å²) in [6, 6.07) is 8.71. The van der Waals surface area contributed by atoms with Crippen LogP contribution in [0.3, 0.4) is 0 Å². The zero-order chi connectivity index (χ0) is 15.6. The van der Waals surface area contributed by atoms with Gasteiger partial charge in [-0.05, 0) is 61.7 Å². The van der Waals surface area contributed by atoms with Crippen LogP contribution in [0.2, 0.25) is 0 Å². The van der Waals surface area contributed by atoms with Crippen molar-refractivity contribution in [3.8, 4) is 5.75 Å². The van der Waals surface area contributed by atoms with Crippen LogP contribution in [-0.2, 0) is 16.6 Å². The zero-order valence-corrected chi connectivity index (χ0v) is 14.5. The van der Waals surface area contributed by atoms with Crippen molar-refractivity contribution in [2.45, 2.75) is 11.5 Å². The predicted octanol–water partition coefficient (Wildman–Crippen LogP) is 3.58. The lowest BCUT2D eigenvalue weighted by molar-refractivity contribution is 0.301. The molecule has 0 aliphatic rings. The van der Waals surface area contributed by atoms with E-state index in [9.17, 15) is 12.8 Å². The van der Waals surface area contributed by atoms with Crippen LogP contribution in [0.5, 0.6) is 5.75 Å². The summed E-state index contributed by atoms with van der Waals surface area (Å²) in [4.78, 5) is -0.0423. The van der Waals surface area contributed by atoms with Gasteiger partial charge in [-0.3, -0.25) is 0 Å². The van der Waals surface area contributed by atoms with Gasteiger partial charge in [0.05, 0.1) is 13.8 Å². The molecular weight excluding hydrogens is 429 g/mol. The molecule has 2 aromatic rings. The fourth-order valence-electron chi connectivity index (χ4n) is 1.62. The third-order valence-corrected chi connectivity index (χ3v) is 4.64. The van der Waals surface area contributed by atoms with Crippen molar-refractivity contribution in [2.24, 2.45) is 5.14 Å². The molecule has 8 heteroatoms. The van der Waals surface area contributed by atoms with Crippen LogP contribution < -0.4 is 9.88 Å². The van der Waals surface area contributed by atoms with Crippen molar-refractivity contribution in [2.75, 3.05) is 0 Å². The standard InChI is InChI=1S/C13H10Br2FNO3S/c14-11-5-10(21(17,18)19)6-12(15)13(11)20-7-8-2-1-3-9(16)4-8/h1-6H,7H2,(H2,17,18,19). The minimum absolute atomic E-state index is 0.0423. The van der Waals surface area contributed by atoms with Crippen LogP contribution in [0.15, 0.2) is 50.2 Å². The van der Waals surface area contributed by atoms with Gasteiger partial charge in [-0.1, -0.05) is 12.1 Å². The number of hydrogen-bond acceptors (Lipinski definition) is 3. The van der Waals surface area contributed by atoms with Crippen molar-refractivity contribution in [1.82, 2.24) is 0 Å². The zero-order valence-electron chi connectivity index (χ0n) is 10.5. The molecule has 0 bridgehead atoms. The monoisotopic (exact) mass is 437 g/mol. The molecule has 0 aromatic heterocycles. The van der Waals surface area contributed by atoms with Gasteiger partial charge in [-0.15, -0.1) is 0 Å². The number of sulfonamides is 1. The Kier molecular flexibility index (Phi) is 5.03. The molecule has 0 amide bonds. The summed E-state index contributed by atoms with van der Waals surface area (Å²) in [5.41, 5.74) is 0.657. The van der Waals surface area contributed by atoms with Crippen molar-refractivity contribution < 1.29 is 17.5 Å². The summed E-state index contributed by atoms with van der Waals surface area (Å²) in [5, 5.41) is 5.07. The molecule has 0 aliphatic carbocycles. The normalized spacial score (nSPS) is 11.4. The fourth-order valence-corrected chi connectivity index (χ4v) is 3.90. The van der Waals surface area contributed by atoms with Crippen LogP contribution in [0.1, 0.15) is 5.56 Å². The number of rotatable bonds is 4. The molecule has 2 aromatic carbocycles. The highest BCUT2D eigenvalue weighted by Crippen LogP contribution is 2.36. The van der Waals surface area contributed by atoms with E-state index in [1.807, 2.05) is 0 Å². The van der Waals surface area contributed by atoms with Gasteiger partial charge in [0.2, 0.25) is 10.0 Å². The lowest BCUT2D eigenvalue weighted by Crippen LogP contribution is -2.12. The van der Waals surface area contributed by atoms with Gasteiger partial charge in [0, 0.05) is 0 Å². The summed E-state index contributed by atoms with van der Waals surface area (Å²) in [6.45, 7) is 0.143. The van der Waals surface area contributed by atoms with E-state index in [0.717, 1.165) is 0 Å². The largest absolute Gasteiger partial charge is 0.487 e. The third-order valence-electron chi connectivity index (χ3n) is 2.57. The average molecular weight is 439 g/mol. The van der Waals surface area contributed by atoms with E-state index in [2.05, 4.69) is 31.9 Å². The van der Waals surface area contributed by atoms with Crippen molar-refractivity contribution >= 4 is 41.9 Å². The molecule has 0 atom stereocenters. The fraction of sp³-hybridized carbons (Fsp3) is 0.0769. The molecule has 112 valence electrons. The molecule has 0 saturated carbocycles. The number of ether oxygens (including phenoxy) is 1. The van der Waals surface area contributed by atoms with Crippen molar-refractivity contribution in [3.63, 3.8) is 0 Å². The van der Waals surface area contributed by atoms with E-state index in [1.54, 1.807) is 12.1 Å². The molecule has 0 aliphatic heterocycles. The molecule has 0 saturated heterocycles. The van der Waals surface area contributed by atoms with E-state index >= 15 is 0 Å². The third kappa shape index (κ3) is 4.26. The Labute approximate surface area is 138 Å². The summed E-state index contributed by atoms with van der Waals surface area (Å²) >= 11 is 6.46. The molecule has 0 heterocycles. The Morgan fingerprint density at radius 1 is 1.14 bits per heavy atom. The molecule has 21 heavy (non-hydrogen) atoms. The molecule has 2 N–H and O–H groups in total. The van der Waals surface area contributed by atoms with Gasteiger partial charge in [0.25, 0.3) is 0 Å². The SMILES string of the molecule is NS(=O)(=O)c1cc(Br)c(OCc2cccc(F)c2)c(Br)c1. The number of nitrogens with two attached hydrogens (primary N) is 1. The minimum Gasteiger partial charge on any atom is -0.487 e. The minimum atomic E-state index is -3.80. The summed E-state index contributed by atoms with van der Waals surface area (Å²) in [7, 11) is -3.80. The van der Waals surface area contributed by atoms with Gasteiger partial charge >= 0.3 is 0 Å². The Balaban J connectivity index is 2.25. The van der Waals surface area contributed by atoms with E-state index in [4.69, 9.17) is 9.88 Å². The summed E-state index contributed by atoms with van der Waals surface area (Å²) in [6.07, 6.45) is 0. The molecule has 0 spiro atoms. The number of benzene rings is 2. The highest BCUT2D eigenvalue weighted by Gasteiger charge is 2.15. The molecule has 4 nitrogen and oxygen atoms in total. The first kappa shape index (κ1) is 16.4. The first-order valence-corrected chi connectivity index (χ1v) is 8.79. The van der Waals surface area contributed by atoms with Crippen LogP contribution >= 0.6 is 31.9 Å². The van der Waals surface area contributed by atoms with Gasteiger partial charge in [-0.25, -0.2) is 17.9 Å². The maximum atomic E-state index is 13.1. The molecule has 0 unspecified atom stereocenters. The Morgan fingerprint density at radius 3 is 2.29 bits per heavy atom. The van der Waals surface area contributed by atoms with Gasteiger partial charge < -0.3 is 4.74 Å². The van der Waals surface area contributed by atoms with Crippen LogP contribution in [0.4, 0.5) is 4.39 Å². The van der Waals surface area contributed by atoms with E-state index < -0.39 is 10.0 Å². The topological polar surface area (TPSA) is 69.4 Å². The van der Waals surface area contributed by atoms with Crippen LogP contribution in [0.25, 0.3) is 0 Å². The quantitative estimate of drug-likeness (QED) is 0.793. The lowest BCUT2D eigenvalue weighted by Gasteiger charge is -2.12. The highest BCUT2D eigenvalue weighted by molar-refractivity contribution is 9.11. The first-order valence-electron chi connectivity index (χ1n) is 5.66.